The third-order valence-electron chi connectivity index (χ3n) is 12.2. The lowest BCUT2D eigenvalue weighted by atomic mass is 9.77. The molecule has 0 radical (unpaired) electrons. The van der Waals surface area contributed by atoms with Gasteiger partial charge in [0.15, 0.2) is 12.6 Å². The highest BCUT2D eigenvalue weighted by molar-refractivity contribution is 5.73. The highest BCUT2D eigenvalue weighted by atomic mass is 16.7. The van der Waals surface area contributed by atoms with Gasteiger partial charge in [0.1, 0.15) is 30.0 Å². The number of aliphatic hydroxyl groups excluding tert-OH is 3. The summed E-state index contributed by atoms with van der Waals surface area (Å²) in [6.07, 6.45) is -8.19. The molecule has 0 bridgehead atoms. The maximum atomic E-state index is 14.2. The van der Waals surface area contributed by atoms with Crippen LogP contribution in [0.2, 0.25) is 0 Å². The highest BCUT2D eigenvalue weighted by Gasteiger charge is 2.52. The first kappa shape index (κ1) is 45.4. The van der Waals surface area contributed by atoms with Crippen LogP contribution in [-0.2, 0) is 33.2 Å². The van der Waals surface area contributed by atoms with Gasteiger partial charge >= 0.3 is 5.97 Å². The van der Waals surface area contributed by atoms with Crippen LogP contribution in [0.3, 0.4) is 0 Å². The third-order valence-corrected chi connectivity index (χ3v) is 12.2. The van der Waals surface area contributed by atoms with E-state index in [4.69, 9.17) is 28.4 Å². The first-order chi connectivity index (χ1) is 23.9. The van der Waals surface area contributed by atoms with Gasteiger partial charge in [-0.25, -0.2) is 0 Å². The van der Waals surface area contributed by atoms with E-state index in [9.17, 15) is 30.3 Å². The number of carbonyl (C=O) groups excluding carboxylic acids is 1. The molecule has 14 heteroatoms. The third kappa shape index (κ3) is 10.0. The number of rotatable bonds is 7. The molecule has 3 fully saturated rings. The van der Waals surface area contributed by atoms with Crippen LogP contribution in [0.1, 0.15) is 94.9 Å². The molecule has 306 valence electrons. The van der Waals surface area contributed by atoms with Gasteiger partial charge in [0.2, 0.25) is 0 Å². The molecule has 0 saturated carbocycles. The average Bonchev–Trinajstić information content (AvgIpc) is 3.05. The number of ether oxygens (including phenoxy) is 6. The van der Waals surface area contributed by atoms with Crippen molar-refractivity contribution in [2.75, 3.05) is 34.8 Å². The summed E-state index contributed by atoms with van der Waals surface area (Å²) in [6.45, 7) is 18.0. The van der Waals surface area contributed by atoms with Crippen molar-refractivity contribution >= 4 is 5.97 Å². The van der Waals surface area contributed by atoms with E-state index in [2.05, 4.69) is 0 Å². The second-order valence-electron chi connectivity index (χ2n) is 17.2. The second kappa shape index (κ2) is 17.8. The number of methoxy groups -OCH3 is 1. The summed E-state index contributed by atoms with van der Waals surface area (Å²) in [5.41, 5.74) is -4.37. The Hall–Kier alpha value is -1.01. The lowest BCUT2D eigenvalue weighted by Crippen LogP contribution is -2.60. The van der Waals surface area contributed by atoms with Crippen LogP contribution in [-0.4, -0.2) is 166 Å². The van der Waals surface area contributed by atoms with E-state index < -0.39 is 96.0 Å². The lowest BCUT2D eigenvalue weighted by Gasteiger charge is -2.48. The molecule has 0 aromatic heterocycles. The number of carbonyl (C=O) groups is 1. The van der Waals surface area contributed by atoms with Gasteiger partial charge in [-0.2, -0.15) is 0 Å². The maximum Gasteiger partial charge on any atom is 0.311 e. The SMILES string of the molecule is CC[C@@H]1OC(=O)[C@H](C)[C@H](O[C@H]2C[C@@](C)(OC)[C@@H](O)[C@H](C)O2)[C@H](C)[C@@H](O[C@@H]2O[C@H](C)C[C@H](N(C)C)[C@H]2O)[C@](C)(O)C[C@@H](C)CN(C)[C@@H](C)[C@@H](O)[C@]1(C)O. The number of nitrogens with zero attached hydrogens (tertiary/aromatic N) is 2. The topological polar surface area (TPSA) is 180 Å². The van der Waals surface area contributed by atoms with Gasteiger partial charge in [-0.3, -0.25) is 4.79 Å². The number of hydrogen-bond acceptors (Lipinski definition) is 14. The zero-order valence-corrected chi connectivity index (χ0v) is 34.2. The van der Waals surface area contributed by atoms with Gasteiger partial charge in [-0.05, 0) is 94.8 Å². The van der Waals surface area contributed by atoms with Crippen LogP contribution in [0.5, 0.6) is 0 Å². The van der Waals surface area contributed by atoms with E-state index in [0.29, 0.717) is 13.0 Å². The fourth-order valence-electron chi connectivity index (χ4n) is 8.74. The van der Waals surface area contributed by atoms with Crippen LogP contribution in [0, 0.1) is 17.8 Å². The Labute approximate surface area is 312 Å². The molecule has 0 spiro atoms. The molecule has 0 aromatic carbocycles. The fourth-order valence-corrected chi connectivity index (χ4v) is 8.74. The van der Waals surface area contributed by atoms with Crippen LogP contribution >= 0.6 is 0 Å². The van der Waals surface area contributed by atoms with E-state index >= 15 is 0 Å². The smallest absolute Gasteiger partial charge is 0.311 e. The standard InChI is InChI=1S/C38H72N2O12/c1-15-27-38(10,46)31(42)24(6)40(13)19-20(2)17-36(8,45)33(52-35-29(41)26(39(11)12)16-21(3)48-35)22(4)30(23(5)34(44)50-27)51-28-18-37(9,47-14)32(43)25(7)49-28/h20-33,35,41-43,45-46H,15-19H2,1-14H3/t20-,21-,22+,23-,24+,25+,26+,27+,28+,29-,30-,31-,32+,33-,35+,36-,37-,38-/m1/s1. The van der Waals surface area contributed by atoms with Crippen LogP contribution in [0.25, 0.3) is 0 Å². The van der Waals surface area contributed by atoms with Crippen molar-refractivity contribution in [1.82, 2.24) is 9.80 Å². The zero-order valence-electron chi connectivity index (χ0n) is 34.2. The molecule has 3 saturated heterocycles. The summed E-state index contributed by atoms with van der Waals surface area (Å²) >= 11 is 0. The van der Waals surface area contributed by atoms with Gasteiger partial charge in [0.25, 0.3) is 0 Å². The maximum absolute atomic E-state index is 14.2. The van der Waals surface area contributed by atoms with E-state index in [1.165, 1.54) is 14.0 Å². The number of hydrogen-bond donors (Lipinski definition) is 5. The summed E-state index contributed by atoms with van der Waals surface area (Å²) in [6, 6.07) is -0.808. The molecular formula is C38H72N2O12. The van der Waals surface area contributed by atoms with Crippen molar-refractivity contribution in [3.8, 4) is 0 Å². The average molecular weight is 749 g/mol. The van der Waals surface area contributed by atoms with E-state index in [-0.39, 0.29) is 37.3 Å². The first-order valence-electron chi connectivity index (χ1n) is 19.1. The molecule has 52 heavy (non-hydrogen) atoms. The molecule has 0 amide bonds. The molecule has 0 unspecified atom stereocenters. The Morgan fingerprint density at radius 2 is 1.56 bits per heavy atom. The highest BCUT2D eigenvalue weighted by Crippen LogP contribution is 2.40. The predicted molar refractivity (Wildman–Crippen MR) is 194 cm³/mol. The molecule has 0 aliphatic carbocycles. The molecular weight excluding hydrogens is 676 g/mol. The Balaban J connectivity index is 2.17. The summed E-state index contributed by atoms with van der Waals surface area (Å²) in [5.74, 6) is -2.58. The lowest BCUT2D eigenvalue weighted by molar-refractivity contribution is -0.318. The Morgan fingerprint density at radius 3 is 2.12 bits per heavy atom. The Kier molecular flexibility index (Phi) is 15.6. The van der Waals surface area contributed by atoms with Crippen molar-refractivity contribution in [1.29, 1.82) is 0 Å². The van der Waals surface area contributed by atoms with Crippen LogP contribution < -0.4 is 0 Å². The quantitative estimate of drug-likeness (QED) is 0.238. The number of esters is 1. The molecule has 3 rings (SSSR count). The van der Waals surface area contributed by atoms with Crippen LogP contribution in [0.15, 0.2) is 0 Å². The van der Waals surface area contributed by atoms with Gasteiger partial charge in [0, 0.05) is 38.1 Å². The summed E-state index contributed by atoms with van der Waals surface area (Å²) in [7, 11) is 7.12. The first-order valence-corrected chi connectivity index (χ1v) is 19.1. The fraction of sp³-hybridized carbons (Fsp3) is 0.974. The number of likely N-dealkylation sites (N-methyl/N-ethyl adjacent to an activating group) is 2. The van der Waals surface area contributed by atoms with Crippen molar-refractivity contribution < 1.29 is 58.7 Å². The van der Waals surface area contributed by atoms with E-state index in [0.717, 1.165) is 0 Å². The minimum Gasteiger partial charge on any atom is -0.459 e. The minimum atomic E-state index is -1.80. The normalized spacial score (nSPS) is 49.6. The Bertz CT molecular complexity index is 1140. The molecule has 5 N–H and O–H groups in total. The van der Waals surface area contributed by atoms with Crippen molar-refractivity contribution in [2.24, 2.45) is 17.8 Å². The zero-order chi connectivity index (χ0) is 39.7. The van der Waals surface area contributed by atoms with Crippen molar-refractivity contribution in [3.63, 3.8) is 0 Å². The summed E-state index contributed by atoms with van der Waals surface area (Å²) in [5, 5.41) is 58.1. The monoisotopic (exact) mass is 749 g/mol. The van der Waals surface area contributed by atoms with Crippen molar-refractivity contribution in [3.05, 3.63) is 0 Å². The van der Waals surface area contributed by atoms with Gasteiger partial charge in [-0.15, -0.1) is 0 Å². The van der Waals surface area contributed by atoms with Crippen LogP contribution in [0.4, 0.5) is 0 Å². The number of cyclic esters (lactones) is 1. The Morgan fingerprint density at radius 1 is 0.942 bits per heavy atom. The molecule has 18 atom stereocenters. The summed E-state index contributed by atoms with van der Waals surface area (Å²) < 4.78 is 37.5. The van der Waals surface area contributed by atoms with Crippen molar-refractivity contribution in [2.45, 2.75) is 185 Å². The predicted octanol–water partition coefficient (Wildman–Crippen LogP) is 1.90. The van der Waals surface area contributed by atoms with Gasteiger partial charge < -0.3 is 63.8 Å². The largest absolute Gasteiger partial charge is 0.459 e. The number of aliphatic hydroxyl groups is 5. The molecule has 3 aliphatic heterocycles. The summed E-state index contributed by atoms with van der Waals surface area (Å²) in [4.78, 5) is 18.0. The molecule has 3 heterocycles. The van der Waals surface area contributed by atoms with E-state index in [1.54, 1.807) is 41.5 Å². The minimum absolute atomic E-state index is 0.133. The second-order valence-corrected chi connectivity index (χ2v) is 17.2. The molecule has 3 aliphatic rings. The van der Waals surface area contributed by atoms with Gasteiger partial charge in [0.05, 0.1) is 41.5 Å². The van der Waals surface area contributed by atoms with E-state index in [1.807, 2.05) is 51.7 Å². The molecule has 0 aromatic rings. The van der Waals surface area contributed by atoms with Gasteiger partial charge in [-0.1, -0.05) is 20.8 Å². The molecule has 14 nitrogen and oxygen atoms in total.